The van der Waals surface area contributed by atoms with Gasteiger partial charge in [0.05, 0.1) is 4.47 Å². The molecule has 1 unspecified atom stereocenters. The summed E-state index contributed by atoms with van der Waals surface area (Å²) in [5, 5.41) is 0. The molecule has 0 aliphatic carbocycles. The van der Waals surface area contributed by atoms with Gasteiger partial charge in [-0.25, -0.2) is 0 Å². The van der Waals surface area contributed by atoms with Crippen LogP contribution >= 0.6 is 15.9 Å². The average Bonchev–Trinajstić information content (AvgIpc) is 2.14. The normalized spacial score (nSPS) is 13.6. The molecular formula is C10H11BrF3NO. The lowest BCUT2D eigenvalue weighted by Crippen LogP contribution is -2.19. The maximum atomic E-state index is 11.9. The Hall–Kier alpha value is -0.750. The van der Waals surface area contributed by atoms with Gasteiger partial charge in [0, 0.05) is 6.04 Å². The van der Waals surface area contributed by atoms with Gasteiger partial charge in [0.1, 0.15) is 5.75 Å². The quantitative estimate of drug-likeness (QED) is 0.928. The van der Waals surface area contributed by atoms with E-state index in [4.69, 9.17) is 5.73 Å². The Kier molecular flexibility index (Phi) is 4.21. The number of alkyl halides is 3. The summed E-state index contributed by atoms with van der Waals surface area (Å²) < 4.78 is 40.8. The third-order valence-corrected chi connectivity index (χ3v) is 2.49. The molecule has 2 N–H and O–H groups in total. The number of ether oxygens (including phenoxy) is 1. The van der Waals surface area contributed by atoms with Crippen molar-refractivity contribution in [1.82, 2.24) is 0 Å². The second-order valence-electron chi connectivity index (χ2n) is 3.38. The van der Waals surface area contributed by atoms with Crippen LogP contribution in [0.2, 0.25) is 0 Å². The van der Waals surface area contributed by atoms with E-state index < -0.39 is 12.8 Å². The standard InChI is InChI=1S/C10H11BrF3NO/c1-6(15)7-2-3-9(8(11)4-7)16-5-10(12,13)14/h2-4,6H,5,15H2,1H3. The minimum absolute atomic E-state index is 0.154. The van der Waals surface area contributed by atoms with E-state index in [1.807, 2.05) is 0 Å². The molecular weight excluding hydrogens is 287 g/mol. The molecule has 0 aliphatic rings. The highest BCUT2D eigenvalue weighted by molar-refractivity contribution is 9.10. The van der Waals surface area contributed by atoms with Gasteiger partial charge in [0.15, 0.2) is 6.61 Å². The molecule has 0 saturated heterocycles. The van der Waals surface area contributed by atoms with Gasteiger partial charge < -0.3 is 10.5 Å². The lowest BCUT2D eigenvalue weighted by atomic mass is 10.1. The molecule has 90 valence electrons. The summed E-state index contributed by atoms with van der Waals surface area (Å²) in [5.41, 5.74) is 6.46. The van der Waals surface area contributed by atoms with E-state index in [9.17, 15) is 13.2 Å². The van der Waals surface area contributed by atoms with Crippen molar-refractivity contribution in [2.75, 3.05) is 6.61 Å². The zero-order valence-corrected chi connectivity index (χ0v) is 10.1. The van der Waals surface area contributed by atoms with Crippen LogP contribution < -0.4 is 10.5 Å². The van der Waals surface area contributed by atoms with E-state index >= 15 is 0 Å². The molecule has 1 rings (SSSR count). The molecule has 0 saturated carbocycles. The third-order valence-electron chi connectivity index (χ3n) is 1.87. The minimum Gasteiger partial charge on any atom is -0.483 e. The summed E-state index contributed by atoms with van der Waals surface area (Å²) in [6.07, 6.45) is -4.33. The Balaban J connectivity index is 2.76. The first kappa shape index (κ1) is 13.3. The number of hydrogen-bond donors (Lipinski definition) is 1. The van der Waals surface area contributed by atoms with Gasteiger partial charge in [-0.1, -0.05) is 6.07 Å². The van der Waals surface area contributed by atoms with Crippen molar-refractivity contribution >= 4 is 15.9 Å². The van der Waals surface area contributed by atoms with Gasteiger partial charge in [-0.15, -0.1) is 0 Å². The highest BCUT2D eigenvalue weighted by Gasteiger charge is 2.28. The molecule has 0 spiro atoms. The van der Waals surface area contributed by atoms with Gasteiger partial charge in [-0.05, 0) is 40.5 Å². The molecule has 16 heavy (non-hydrogen) atoms. The molecule has 0 bridgehead atoms. The van der Waals surface area contributed by atoms with E-state index in [1.54, 1.807) is 19.1 Å². The third kappa shape index (κ3) is 4.02. The van der Waals surface area contributed by atoms with E-state index in [1.165, 1.54) is 6.07 Å². The van der Waals surface area contributed by atoms with E-state index in [0.29, 0.717) is 4.47 Å². The number of nitrogens with two attached hydrogens (primary N) is 1. The maximum absolute atomic E-state index is 11.9. The Bertz CT molecular complexity index is 366. The Morgan fingerprint density at radius 2 is 2.06 bits per heavy atom. The Morgan fingerprint density at radius 1 is 1.44 bits per heavy atom. The fourth-order valence-corrected chi connectivity index (χ4v) is 1.59. The number of hydrogen-bond acceptors (Lipinski definition) is 2. The van der Waals surface area contributed by atoms with Crippen molar-refractivity contribution in [3.63, 3.8) is 0 Å². The van der Waals surface area contributed by atoms with Crippen molar-refractivity contribution in [1.29, 1.82) is 0 Å². The van der Waals surface area contributed by atoms with Crippen LogP contribution in [0.25, 0.3) is 0 Å². The van der Waals surface area contributed by atoms with Crippen LogP contribution in [-0.2, 0) is 0 Å². The molecule has 1 aromatic carbocycles. The van der Waals surface area contributed by atoms with Crippen molar-refractivity contribution in [2.45, 2.75) is 19.1 Å². The molecule has 1 atom stereocenters. The lowest BCUT2D eigenvalue weighted by Gasteiger charge is -2.12. The van der Waals surface area contributed by atoms with Gasteiger partial charge in [-0.3, -0.25) is 0 Å². The average molecular weight is 298 g/mol. The molecule has 0 heterocycles. The Morgan fingerprint density at radius 3 is 2.50 bits per heavy atom. The monoisotopic (exact) mass is 297 g/mol. The predicted octanol–water partition coefficient (Wildman–Crippen LogP) is 3.41. The summed E-state index contributed by atoms with van der Waals surface area (Å²) in [4.78, 5) is 0. The smallest absolute Gasteiger partial charge is 0.422 e. The SMILES string of the molecule is CC(N)c1ccc(OCC(F)(F)F)c(Br)c1. The van der Waals surface area contributed by atoms with Gasteiger partial charge >= 0.3 is 6.18 Å². The van der Waals surface area contributed by atoms with E-state index in [2.05, 4.69) is 20.7 Å². The second-order valence-corrected chi connectivity index (χ2v) is 4.24. The Labute approximate surface area is 99.7 Å². The molecule has 6 heteroatoms. The number of benzene rings is 1. The van der Waals surface area contributed by atoms with Crippen molar-refractivity contribution in [3.8, 4) is 5.75 Å². The van der Waals surface area contributed by atoms with E-state index in [-0.39, 0.29) is 11.8 Å². The molecule has 0 amide bonds. The summed E-state index contributed by atoms with van der Waals surface area (Å²) in [7, 11) is 0. The van der Waals surface area contributed by atoms with Crippen LogP contribution in [0, 0.1) is 0 Å². The molecule has 1 aromatic rings. The number of rotatable bonds is 3. The van der Waals surface area contributed by atoms with E-state index in [0.717, 1.165) is 5.56 Å². The largest absolute Gasteiger partial charge is 0.483 e. The summed E-state index contributed by atoms with van der Waals surface area (Å²) >= 11 is 3.14. The molecule has 0 aromatic heterocycles. The lowest BCUT2D eigenvalue weighted by molar-refractivity contribution is -0.153. The van der Waals surface area contributed by atoms with Crippen molar-refractivity contribution < 1.29 is 17.9 Å². The van der Waals surface area contributed by atoms with Crippen molar-refractivity contribution in [3.05, 3.63) is 28.2 Å². The first-order valence-electron chi connectivity index (χ1n) is 4.54. The first-order valence-corrected chi connectivity index (χ1v) is 5.33. The fraction of sp³-hybridized carbons (Fsp3) is 0.400. The summed E-state index contributed by atoms with van der Waals surface area (Å²) in [6, 6.07) is 4.58. The first-order chi connectivity index (χ1) is 7.29. The van der Waals surface area contributed by atoms with Crippen molar-refractivity contribution in [2.24, 2.45) is 5.73 Å². The van der Waals surface area contributed by atoms with Gasteiger partial charge in [-0.2, -0.15) is 13.2 Å². The fourth-order valence-electron chi connectivity index (χ4n) is 1.08. The van der Waals surface area contributed by atoms with Crippen LogP contribution in [-0.4, -0.2) is 12.8 Å². The number of halogens is 4. The second kappa shape index (κ2) is 5.05. The highest BCUT2D eigenvalue weighted by atomic mass is 79.9. The van der Waals surface area contributed by atoms with Crippen LogP contribution in [0.1, 0.15) is 18.5 Å². The molecule has 0 fully saturated rings. The molecule has 0 radical (unpaired) electrons. The minimum atomic E-state index is -4.33. The zero-order chi connectivity index (χ0) is 12.3. The van der Waals surface area contributed by atoms with Crippen LogP contribution in [0.15, 0.2) is 22.7 Å². The highest BCUT2D eigenvalue weighted by Crippen LogP contribution is 2.29. The summed E-state index contributed by atoms with van der Waals surface area (Å²) in [5.74, 6) is 0.154. The van der Waals surface area contributed by atoms with Gasteiger partial charge in [0.25, 0.3) is 0 Å². The van der Waals surface area contributed by atoms with Crippen LogP contribution in [0.5, 0.6) is 5.75 Å². The molecule has 2 nitrogen and oxygen atoms in total. The maximum Gasteiger partial charge on any atom is 0.422 e. The topological polar surface area (TPSA) is 35.2 Å². The predicted molar refractivity (Wildman–Crippen MR) is 58.3 cm³/mol. The molecule has 0 aliphatic heterocycles. The van der Waals surface area contributed by atoms with Crippen LogP contribution in [0.4, 0.5) is 13.2 Å². The van der Waals surface area contributed by atoms with Crippen LogP contribution in [0.3, 0.4) is 0 Å². The zero-order valence-electron chi connectivity index (χ0n) is 8.51. The summed E-state index contributed by atoms with van der Waals surface area (Å²) in [6.45, 7) is 0.487. The van der Waals surface area contributed by atoms with Gasteiger partial charge in [0.2, 0.25) is 0 Å².